The average molecular weight is 393 g/mol. The second-order valence-electron chi connectivity index (χ2n) is 6.94. The molecule has 3 fully saturated rings. The molecule has 132 valence electrons. The van der Waals surface area contributed by atoms with Crippen LogP contribution < -0.4 is 5.73 Å². The number of hydrogen-bond donors (Lipinski definition) is 1. The van der Waals surface area contributed by atoms with Gasteiger partial charge < -0.3 is 10.6 Å². The number of nitrogens with zero attached hydrogens (tertiary/aromatic N) is 1. The first-order valence-electron chi connectivity index (χ1n) is 8.62. The van der Waals surface area contributed by atoms with Crippen molar-refractivity contribution in [1.29, 1.82) is 0 Å². The normalized spacial score (nSPS) is 28.2. The van der Waals surface area contributed by atoms with Gasteiger partial charge in [0.25, 0.3) is 0 Å². The highest BCUT2D eigenvalue weighted by molar-refractivity contribution is 8.01. The molecule has 0 saturated carbocycles. The van der Waals surface area contributed by atoms with Crippen LogP contribution in [0, 0.1) is 5.92 Å². The van der Waals surface area contributed by atoms with E-state index >= 15 is 0 Å². The highest BCUT2D eigenvalue weighted by atomic mass is 35.5. The van der Waals surface area contributed by atoms with Crippen molar-refractivity contribution in [2.24, 2.45) is 11.7 Å². The van der Waals surface area contributed by atoms with Crippen molar-refractivity contribution in [3.05, 3.63) is 45.8 Å². The molecule has 2 aromatic rings. The number of thiophene rings is 1. The summed E-state index contributed by atoms with van der Waals surface area (Å²) in [6.07, 6.45) is 2.43. The number of carbonyl (C=O) groups is 1. The van der Waals surface area contributed by atoms with Crippen molar-refractivity contribution in [2.45, 2.75) is 40.8 Å². The van der Waals surface area contributed by atoms with Crippen LogP contribution >= 0.6 is 34.7 Å². The molecular weight excluding hydrogens is 372 g/mol. The second-order valence-corrected chi connectivity index (χ2v) is 9.66. The lowest BCUT2D eigenvalue weighted by atomic mass is 9.70. The fraction of sp³-hybridized carbons (Fsp3) is 0.421. The quantitative estimate of drug-likeness (QED) is 0.808. The number of fused-ring (bicyclic) bond motifs is 3. The molecule has 0 aliphatic carbocycles. The number of benzene rings is 1. The fourth-order valence-electron chi connectivity index (χ4n) is 4.39. The summed E-state index contributed by atoms with van der Waals surface area (Å²) < 4.78 is 1.16. The van der Waals surface area contributed by atoms with Crippen LogP contribution in [0.3, 0.4) is 0 Å². The Bertz CT molecular complexity index is 796. The lowest BCUT2D eigenvalue weighted by molar-refractivity contribution is 0.0346. The van der Waals surface area contributed by atoms with E-state index in [1.165, 1.54) is 25.9 Å². The molecule has 3 aliphatic rings. The van der Waals surface area contributed by atoms with Gasteiger partial charge in [-0.3, -0.25) is 4.79 Å². The number of hydrogen-bond acceptors (Lipinski definition) is 4. The zero-order valence-corrected chi connectivity index (χ0v) is 16.5. The zero-order valence-electron chi connectivity index (χ0n) is 14.1. The molecule has 5 rings (SSSR count). The van der Waals surface area contributed by atoms with Crippen molar-refractivity contribution in [2.75, 3.05) is 13.1 Å². The summed E-state index contributed by atoms with van der Waals surface area (Å²) in [6.45, 7) is 4.65. The van der Waals surface area contributed by atoms with E-state index in [1.54, 1.807) is 23.1 Å². The molecule has 1 amide bonds. The number of amides is 1. The largest absolute Gasteiger partial charge is 0.366 e. The number of carbonyl (C=O) groups excluding carboxylic acids is 1. The number of piperidine rings is 3. The summed E-state index contributed by atoms with van der Waals surface area (Å²) in [6, 6.07) is 8.52. The summed E-state index contributed by atoms with van der Waals surface area (Å²) in [5.74, 6) is 0.710. The highest BCUT2D eigenvalue weighted by Crippen LogP contribution is 2.45. The van der Waals surface area contributed by atoms with Gasteiger partial charge in [0.2, 0.25) is 5.91 Å². The third kappa shape index (κ3) is 3.35. The van der Waals surface area contributed by atoms with Gasteiger partial charge in [0, 0.05) is 27.8 Å². The van der Waals surface area contributed by atoms with Crippen LogP contribution in [-0.4, -0.2) is 29.9 Å². The van der Waals surface area contributed by atoms with Crippen LogP contribution in [0.25, 0.3) is 0 Å². The van der Waals surface area contributed by atoms with Gasteiger partial charge in [-0.05, 0) is 68.6 Å². The van der Waals surface area contributed by atoms with E-state index in [9.17, 15) is 4.79 Å². The predicted molar refractivity (Wildman–Crippen MR) is 105 cm³/mol. The van der Waals surface area contributed by atoms with Crippen molar-refractivity contribution >= 4 is 40.6 Å². The standard InChI is InChI=1S/C19H21ClN2OS2/c1-11-18(12-4-6-22(11)7-5-12)16-9-14(2-3-15(16)19(21)23)25-17-8-13(20)10-24-17/h2-3,8-12,18H,4-7H2,1H3,(H2,21,23)/t11-,18+/m0/s1. The number of primary amides is 1. The van der Waals surface area contributed by atoms with E-state index in [2.05, 4.69) is 17.9 Å². The van der Waals surface area contributed by atoms with E-state index in [1.807, 2.05) is 23.6 Å². The minimum Gasteiger partial charge on any atom is -0.366 e. The van der Waals surface area contributed by atoms with Gasteiger partial charge in [-0.1, -0.05) is 23.4 Å². The van der Waals surface area contributed by atoms with Gasteiger partial charge >= 0.3 is 0 Å². The average Bonchev–Trinajstić information content (AvgIpc) is 3.00. The Morgan fingerprint density at radius 3 is 2.68 bits per heavy atom. The van der Waals surface area contributed by atoms with E-state index in [4.69, 9.17) is 17.3 Å². The molecule has 0 radical (unpaired) electrons. The molecule has 1 aromatic heterocycles. The molecule has 4 heterocycles. The fourth-order valence-corrected chi connectivity index (χ4v) is 6.62. The first-order valence-corrected chi connectivity index (χ1v) is 10.7. The second kappa shape index (κ2) is 6.95. The molecular formula is C19H21ClN2OS2. The van der Waals surface area contributed by atoms with E-state index < -0.39 is 0 Å². The Morgan fingerprint density at radius 1 is 1.32 bits per heavy atom. The SMILES string of the molecule is C[C@H]1[C@@H](c2cc(Sc3cc(Cl)cs3)ccc2C(N)=O)C2CCN1CC2. The van der Waals surface area contributed by atoms with Gasteiger partial charge in [0.1, 0.15) is 0 Å². The molecule has 3 nitrogen and oxygen atoms in total. The number of rotatable bonds is 4. The third-order valence-electron chi connectivity index (χ3n) is 5.59. The lowest BCUT2D eigenvalue weighted by Crippen LogP contribution is -2.52. The molecule has 3 saturated heterocycles. The van der Waals surface area contributed by atoms with E-state index in [-0.39, 0.29) is 5.91 Å². The lowest BCUT2D eigenvalue weighted by Gasteiger charge is -2.50. The summed E-state index contributed by atoms with van der Waals surface area (Å²) >= 11 is 9.38. The maximum Gasteiger partial charge on any atom is 0.248 e. The van der Waals surface area contributed by atoms with Gasteiger partial charge in [-0.2, -0.15) is 0 Å². The summed E-state index contributed by atoms with van der Waals surface area (Å²) in [5.41, 5.74) is 7.50. The van der Waals surface area contributed by atoms with Crippen molar-refractivity contribution < 1.29 is 4.79 Å². The molecule has 25 heavy (non-hydrogen) atoms. The maximum absolute atomic E-state index is 12.0. The first-order chi connectivity index (χ1) is 12.0. The first kappa shape index (κ1) is 17.4. The Hall–Kier alpha value is -1.01. The molecule has 2 bridgehead atoms. The summed E-state index contributed by atoms with van der Waals surface area (Å²) in [4.78, 5) is 15.7. The Morgan fingerprint density at radius 2 is 2.08 bits per heavy atom. The molecule has 2 atom stereocenters. The molecule has 0 spiro atoms. The van der Waals surface area contributed by atoms with Gasteiger partial charge in [0.05, 0.1) is 9.23 Å². The van der Waals surface area contributed by atoms with Gasteiger partial charge in [-0.25, -0.2) is 0 Å². The molecule has 1 aromatic carbocycles. The highest BCUT2D eigenvalue weighted by Gasteiger charge is 2.41. The van der Waals surface area contributed by atoms with Crippen LogP contribution in [0.4, 0.5) is 0 Å². The van der Waals surface area contributed by atoms with E-state index in [0.717, 1.165) is 19.7 Å². The van der Waals surface area contributed by atoms with Gasteiger partial charge in [0.15, 0.2) is 0 Å². The maximum atomic E-state index is 12.0. The molecule has 6 heteroatoms. The van der Waals surface area contributed by atoms with Gasteiger partial charge in [-0.15, -0.1) is 11.3 Å². The summed E-state index contributed by atoms with van der Waals surface area (Å²) in [7, 11) is 0. The Labute approximate surface area is 161 Å². The molecule has 2 N–H and O–H groups in total. The predicted octanol–water partition coefficient (Wildman–Crippen LogP) is 4.85. The topological polar surface area (TPSA) is 46.3 Å². The Balaban J connectivity index is 1.71. The Kier molecular flexibility index (Phi) is 4.84. The van der Waals surface area contributed by atoms with Crippen LogP contribution in [0.5, 0.6) is 0 Å². The van der Waals surface area contributed by atoms with Crippen LogP contribution in [-0.2, 0) is 0 Å². The summed E-state index contributed by atoms with van der Waals surface area (Å²) in [5, 5.41) is 2.71. The minimum atomic E-state index is -0.325. The van der Waals surface area contributed by atoms with Crippen LogP contribution in [0.15, 0.2) is 38.8 Å². The third-order valence-corrected chi connectivity index (χ3v) is 8.00. The van der Waals surface area contributed by atoms with Crippen molar-refractivity contribution in [3.8, 4) is 0 Å². The molecule has 0 unspecified atom stereocenters. The minimum absolute atomic E-state index is 0.325. The van der Waals surface area contributed by atoms with E-state index in [0.29, 0.717) is 23.4 Å². The smallest absolute Gasteiger partial charge is 0.248 e. The van der Waals surface area contributed by atoms with Crippen molar-refractivity contribution in [3.63, 3.8) is 0 Å². The number of halogens is 1. The molecule has 3 aliphatic heterocycles. The number of nitrogens with two attached hydrogens (primary N) is 1. The van der Waals surface area contributed by atoms with Crippen LogP contribution in [0.1, 0.15) is 41.6 Å². The van der Waals surface area contributed by atoms with Crippen molar-refractivity contribution in [1.82, 2.24) is 4.90 Å². The zero-order chi connectivity index (χ0) is 17.6. The monoisotopic (exact) mass is 392 g/mol. The van der Waals surface area contributed by atoms with Crippen LogP contribution in [0.2, 0.25) is 5.02 Å².